The van der Waals surface area contributed by atoms with Crippen molar-refractivity contribution in [3.8, 4) is 5.75 Å². The van der Waals surface area contributed by atoms with Crippen LogP contribution in [0.15, 0.2) is 84.1 Å². The summed E-state index contributed by atoms with van der Waals surface area (Å²) < 4.78 is 7.50. The molecule has 1 atom stereocenters. The first-order valence-corrected chi connectivity index (χ1v) is 11.5. The zero-order chi connectivity index (χ0) is 24.4. The maximum absolute atomic E-state index is 13.3. The molecule has 1 aliphatic rings. The smallest absolute Gasteiger partial charge is 0.255 e. The SMILES string of the molecule is CC1=C(C(=O)Nc2ccccc2)C(c2ccc(OCc3ccc(Cl)c(Cl)c3)cc2)n2nnnc2N1. The molecule has 0 aliphatic carbocycles. The number of fused-ring (bicyclic) bond motifs is 1. The van der Waals surface area contributed by atoms with Gasteiger partial charge in [0, 0.05) is 11.4 Å². The molecule has 3 aromatic carbocycles. The van der Waals surface area contributed by atoms with Gasteiger partial charge >= 0.3 is 0 Å². The fourth-order valence-electron chi connectivity index (χ4n) is 3.88. The highest BCUT2D eigenvalue weighted by atomic mass is 35.5. The molecule has 1 amide bonds. The standard InChI is InChI=1S/C25H20Cl2N6O2/c1-15-22(24(34)29-18-5-3-2-4-6-18)23(33-25(28-15)30-31-32-33)17-8-10-19(11-9-17)35-14-16-7-12-20(26)21(27)13-16/h2-13,23H,14H2,1H3,(H,29,34)(H,28,30,32). The molecule has 35 heavy (non-hydrogen) atoms. The van der Waals surface area contributed by atoms with E-state index >= 15 is 0 Å². The molecule has 0 bridgehead atoms. The van der Waals surface area contributed by atoms with Crippen LogP contribution in [0.5, 0.6) is 5.75 Å². The number of carbonyl (C=O) groups is 1. The number of carbonyl (C=O) groups excluding carboxylic acids is 1. The van der Waals surface area contributed by atoms with E-state index in [1.165, 1.54) is 0 Å². The molecule has 2 heterocycles. The summed E-state index contributed by atoms with van der Waals surface area (Å²) in [7, 11) is 0. The van der Waals surface area contributed by atoms with Crippen LogP contribution in [0.3, 0.4) is 0 Å². The summed E-state index contributed by atoms with van der Waals surface area (Å²) in [5.41, 5.74) is 3.62. The van der Waals surface area contributed by atoms with Crippen molar-refractivity contribution in [1.29, 1.82) is 0 Å². The molecule has 1 aromatic heterocycles. The first-order chi connectivity index (χ1) is 17.0. The number of rotatable bonds is 6. The molecular weight excluding hydrogens is 487 g/mol. The van der Waals surface area contributed by atoms with Crippen LogP contribution >= 0.6 is 23.2 Å². The lowest BCUT2D eigenvalue weighted by Crippen LogP contribution is -2.31. The van der Waals surface area contributed by atoms with E-state index in [0.29, 0.717) is 45.3 Å². The van der Waals surface area contributed by atoms with Gasteiger partial charge < -0.3 is 15.4 Å². The average molecular weight is 507 g/mol. The maximum atomic E-state index is 13.3. The molecular formula is C25H20Cl2N6O2. The maximum Gasteiger partial charge on any atom is 0.255 e. The third kappa shape index (κ3) is 4.84. The van der Waals surface area contributed by atoms with E-state index in [4.69, 9.17) is 27.9 Å². The largest absolute Gasteiger partial charge is 0.489 e. The van der Waals surface area contributed by atoms with Crippen molar-refractivity contribution < 1.29 is 9.53 Å². The Balaban J connectivity index is 1.40. The number of benzene rings is 3. The molecule has 4 aromatic rings. The molecule has 5 rings (SSSR count). The quantitative estimate of drug-likeness (QED) is 0.359. The van der Waals surface area contributed by atoms with Crippen molar-refractivity contribution in [2.75, 3.05) is 10.6 Å². The lowest BCUT2D eigenvalue weighted by Gasteiger charge is -2.28. The van der Waals surface area contributed by atoms with E-state index in [2.05, 4.69) is 26.2 Å². The topological polar surface area (TPSA) is 94.0 Å². The van der Waals surface area contributed by atoms with Crippen LogP contribution in [-0.2, 0) is 11.4 Å². The van der Waals surface area contributed by atoms with Gasteiger partial charge in [0.1, 0.15) is 18.4 Å². The highest BCUT2D eigenvalue weighted by Gasteiger charge is 2.34. The van der Waals surface area contributed by atoms with E-state index in [9.17, 15) is 4.79 Å². The molecule has 1 aliphatic heterocycles. The Morgan fingerprint density at radius 2 is 1.83 bits per heavy atom. The highest BCUT2D eigenvalue weighted by Crippen LogP contribution is 2.35. The zero-order valence-corrected chi connectivity index (χ0v) is 20.1. The summed E-state index contributed by atoms with van der Waals surface area (Å²) in [5.74, 6) is 0.887. The van der Waals surface area contributed by atoms with Gasteiger partial charge in [-0.15, -0.1) is 0 Å². The second kappa shape index (κ2) is 9.77. The number of allylic oxidation sites excluding steroid dienone is 1. The predicted octanol–water partition coefficient (Wildman–Crippen LogP) is 5.49. The lowest BCUT2D eigenvalue weighted by atomic mass is 9.95. The van der Waals surface area contributed by atoms with Crippen molar-refractivity contribution in [3.05, 3.63) is 105 Å². The molecule has 0 saturated heterocycles. The van der Waals surface area contributed by atoms with Gasteiger partial charge in [-0.1, -0.05) is 64.7 Å². The lowest BCUT2D eigenvalue weighted by molar-refractivity contribution is -0.113. The molecule has 0 spiro atoms. The molecule has 1 unspecified atom stereocenters. The molecule has 10 heteroatoms. The fourth-order valence-corrected chi connectivity index (χ4v) is 4.20. The third-order valence-electron chi connectivity index (χ3n) is 5.58. The minimum atomic E-state index is -0.519. The monoisotopic (exact) mass is 506 g/mol. The third-order valence-corrected chi connectivity index (χ3v) is 6.31. The number of para-hydroxylation sites is 1. The van der Waals surface area contributed by atoms with E-state index in [1.54, 1.807) is 16.8 Å². The normalized spacial score (nSPS) is 14.8. The number of halogens is 2. The van der Waals surface area contributed by atoms with Gasteiger partial charge in [0.25, 0.3) is 5.91 Å². The summed E-state index contributed by atoms with van der Waals surface area (Å²) in [6.07, 6.45) is 0. The minimum Gasteiger partial charge on any atom is -0.489 e. The number of aromatic nitrogens is 4. The van der Waals surface area contributed by atoms with Crippen molar-refractivity contribution in [2.24, 2.45) is 0 Å². The summed E-state index contributed by atoms with van der Waals surface area (Å²) >= 11 is 12.1. The summed E-state index contributed by atoms with van der Waals surface area (Å²) in [6.45, 7) is 2.17. The average Bonchev–Trinajstić information content (AvgIpc) is 3.33. The van der Waals surface area contributed by atoms with Crippen LogP contribution < -0.4 is 15.4 Å². The number of nitrogens with one attached hydrogen (secondary N) is 2. The second-order valence-electron chi connectivity index (χ2n) is 7.94. The summed E-state index contributed by atoms with van der Waals surface area (Å²) in [6, 6.07) is 21.6. The van der Waals surface area contributed by atoms with Gasteiger partial charge in [0.15, 0.2) is 0 Å². The Bertz CT molecular complexity index is 1400. The summed E-state index contributed by atoms with van der Waals surface area (Å²) in [4.78, 5) is 13.3. The Labute approximate surface area is 211 Å². The van der Waals surface area contributed by atoms with E-state index in [1.807, 2.05) is 67.6 Å². The Morgan fingerprint density at radius 1 is 1.06 bits per heavy atom. The van der Waals surface area contributed by atoms with Crippen molar-refractivity contribution in [2.45, 2.75) is 19.6 Å². The van der Waals surface area contributed by atoms with Crippen LogP contribution in [0.25, 0.3) is 0 Å². The Kier molecular flexibility index (Phi) is 6.39. The van der Waals surface area contributed by atoms with Crippen LogP contribution in [0.2, 0.25) is 10.0 Å². The van der Waals surface area contributed by atoms with Gasteiger partial charge in [-0.05, 0) is 64.9 Å². The number of hydrogen-bond acceptors (Lipinski definition) is 6. The van der Waals surface area contributed by atoms with Crippen LogP contribution in [0.1, 0.15) is 24.1 Å². The number of anilines is 2. The molecule has 0 fully saturated rings. The van der Waals surface area contributed by atoms with Crippen LogP contribution in [0, 0.1) is 0 Å². The second-order valence-corrected chi connectivity index (χ2v) is 8.75. The number of ether oxygens (including phenoxy) is 1. The highest BCUT2D eigenvalue weighted by molar-refractivity contribution is 6.42. The van der Waals surface area contributed by atoms with E-state index < -0.39 is 6.04 Å². The molecule has 2 N–H and O–H groups in total. The molecule has 0 saturated carbocycles. The van der Waals surface area contributed by atoms with E-state index in [0.717, 1.165) is 11.1 Å². The van der Waals surface area contributed by atoms with Gasteiger partial charge in [0.2, 0.25) is 5.95 Å². The fraction of sp³-hybridized carbons (Fsp3) is 0.120. The Morgan fingerprint density at radius 3 is 2.57 bits per heavy atom. The first-order valence-electron chi connectivity index (χ1n) is 10.8. The molecule has 0 radical (unpaired) electrons. The predicted molar refractivity (Wildman–Crippen MR) is 135 cm³/mol. The number of tetrazole rings is 1. The van der Waals surface area contributed by atoms with Crippen molar-refractivity contribution >= 4 is 40.7 Å². The number of hydrogen-bond donors (Lipinski definition) is 2. The van der Waals surface area contributed by atoms with Crippen LogP contribution in [0.4, 0.5) is 11.6 Å². The Hall–Kier alpha value is -3.88. The molecule has 176 valence electrons. The number of nitrogens with zero attached hydrogens (tertiary/aromatic N) is 4. The van der Waals surface area contributed by atoms with Gasteiger partial charge in [0.05, 0.1) is 15.6 Å². The van der Waals surface area contributed by atoms with Crippen LogP contribution in [-0.4, -0.2) is 26.1 Å². The zero-order valence-electron chi connectivity index (χ0n) is 18.6. The number of amides is 1. The van der Waals surface area contributed by atoms with Gasteiger partial charge in [-0.25, -0.2) is 0 Å². The minimum absolute atomic E-state index is 0.243. The molecule has 8 nitrogen and oxygen atoms in total. The van der Waals surface area contributed by atoms with Gasteiger partial charge in [-0.3, -0.25) is 4.79 Å². The summed E-state index contributed by atoms with van der Waals surface area (Å²) in [5, 5.41) is 19.0. The first kappa shape index (κ1) is 22.9. The van der Waals surface area contributed by atoms with Crippen molar-refractivity contribution in [1.82, 2.24) is 20.2 Å². The van der Waals surface area contributed by atoms with Crippen molar-refractivity contribution in [3.63, 3.8) is 0 Å². The van der Waals surface area contributed by atoms with Gasteiger partial charge in [-0.2, -0.15) is 4.68 Å². The van der Waals surface area contributed by atoms with E-state index in [-0.39, 0.29) is 5.91 Å².